The van der Waals surface area contributed by atoms with Crippen LogP contribution in [0.25, 0.3) is 11.1 Å². The summed E-state index contributed by atoms with van der Waals surface area (Å²) in [6.07, 6.45) is 0.696. The van der Waals surface area contributed by atoms with Crippen LogP contribution in [-0.4, -0.2) is 5.11 Å². The minimum absolute atomic E-state index is 0.271. The zero-order valence-electron chi connectivity index (χ0n) is 11.3. The van der Waals surface area contributed by atoms with Gasteiger partial charge in [-0.05, 0) is 42.2 Å². The first-order valence-electron chi connectivity index (χ1n) is 6.49. The lowest BCUT2D eigenvalue weighted by molar-refractivity contribution is 0.0492. The van der Waals surface area contributed by atoms with E-state index in [2.05, 4.69) is 0 Å². The molecule has 102 valence electrons. The summed E-state index contributed by atoms with van der Waals surface area (Å²) in [7, 11) is 0. The molecule has 0 bridgehead atoms. The predicted octanol–water partition coefficient (Wildman–Crippen LogP) is 4.00. The molecule has 20 heavy (non-hydrogen) atoms. The number of nitriles is 1. The van der Waals surface area contributed by atoms with E-state index in [9.17, 15) is 9.50 Å². The quantitative estimate of drug-likeness (QED) is 0.911. The second-order valence-corrected chi connectivity index (χ2v) is 5.02. The number of hydrogen-bond donors (Lipinski definition) is 1. The summed E-state index contributed by atoms with van der Waals surface area (Å²) in [6.45, 7) is 1.70. The molecule has 1 unspecified atom stereocenters. The van der Waals surface area contributed by atoms with Gasteiger partial charge in [-0.2, -0.15) is 5.26 Å². The summed E-state index contributed by atoms with van der Waals surface area (Å²) in [6, 6.07) is 15.8. The van der Waals surface area contributed by atoms with Crippen LogP contribution in [0.2, 0.25) is 0 Å². The predicted molar refractivity (Wildman–Crippen MR) is 76.3 cm³/mol. The third kappa shape index (κ3) is 3.23. The Hall–Kier alpha value is -2.18. The van der Waals surface area contributed by atoms with Crippen molar-refractivity contribution in [3.05, 3.63) is 59.9 Å². The van der Waals surface area contributed by atoms with Crippen LogP contribution in [0.4, 0.5) is 4.39 Å². The maximum atomic E-state index is 13.2. The average molecular weight is 269 g/mol. The molecule has 0 aliphatic carbocycles. The second-order valence-electron chi connectivity index (χ2n) is 5.02. The second kappa shape index (κ2) is 5.85. The highest BCUT2D eigenvalue weighted by Crippen LogP contribution is 2.28. The summed E-state index contributed by atoms with van der Waals surface area (Å²) < 4.78 is 13.2. The minimum atomic E-state index is -1.02. The Morgan fingerprint density at radius 1 is 1.15 bits per heavy atom. The fourth-order valence-electron chi connectivity index (χ4n) is 2.13. The zero-order chi connectivity index (χ0) is 14.6. The van der Waals surface area contributed by atoms with E-state index in [1.807, 2.05) is 36.4 Å². The molecular formula is C17H16FNO. The van der Waals surface area contributed by atoms with E-state index in [1.54, 1.807) is 13.0 Å². The fourth-order valence-corrected chi connectivity index (χ4v) is 2.13. The van der Waals surface area contributed by atoms with Crippen molar-refractivity contribution in [3.63, 3.8) is 0 Å². The Labute approximate surface area is 118 Å². The van der Waals surface area contributed by atoms with E-state index < -0.39 is 5.60 Å². The number of benzene rings is 2. The number of halogens is 1. The van der Waals surface area contributed by atoms with E-state index in [1.165, 1.54) is 12.1 Å². The molecule has 0 fully saturated rings. The Kier molecular flexibility index (Phi) is 4.16. The lowest BCUT2D eigenvalue weighted by Gasteiger charge is -2.22. The molecule has 3 heteroatoms. The van der Waals surface area contributed by atoms with Crippen molar-refractivity contribution in [2.24, 2.45) is 0 Å². The molecular weight excluding hydrogens is 253 g/mol. The molecule has 0 spiro atoms. The normalized spacial score (nSPS) is 13.5. The van der Waals surface area contributed by atoms with Gasteiger partial charge >= 0.3 is 0 Å². The molecule has 0 aliphatic rings. The van der Waals surface area contributed by atoms with Crippen LogP contribution in [0.1, 0.15) is 25.3 Å². The van der Waals surface area contributed by atoms with Crippen LogP contribution in [-0.2, 0) is 5.60 Å². The van der Waals surface area contributed by atoms with Crippen molar-refractivity contribution >= 4 is 0 Å². The molecule has 2 nitrogen and oxygen atoms in total. The smallest absolute Gasteiger partial charge is 0.123 e. The molecule has 2 rings (SSSR count). The first-order chi connectivity index (χ1) is 9.53. The van der Waals surface area contributed by atoms with Gasteiger partial charge in [-0.1, -0.05) is 36.4 Å². The minimum Gasteiger partial charge on any atom is -0.385 e. The number of rotatable bonds is 4. The van der Waals surface area contributed by atoms with Crippen molar-refractivity contribution in [1.29, 1.82) is 5.26 Å². The van der Waals surface area contributed by atoms with E-state index in [0.717, 1.165) is 16.7 Å². The van der Waals surface area contributed by atoms with Crippen LogP contribution in [0.3, 0.4) is 0 Å². The van der Waals surface area contributed by atoms with Crippen LogP contribution < -0.4 is 0 Å². The van der Waals surface area contributed by atoms with E-state index >= 15 is 0 Å². The van der Waals surface area contributed by atoms with Crippen LogP contribution in [0.5, 0.6) is 0 Å². The first-order valence-corrected chi connectivity index (χ1v) is 6.49. The van der Waals surface area contributed by atoms with Crippen molar-refractivity contribution < 1.29 is 9.50 Å². The molecule has 0 saturated heterocycles. The molecule has 1 atom stereocenters. The molecule has 0 aliphatic heterocycles. The summed E-state index contributed by atoms with van der Waals surface area (Å²) in [5.74, 6) is -0.271. The highest BCUT2D eigenvalue weighted by Gasteiger charge is 2.22. The highest BCUT2D eigenvalue weighted by atomic mass is 19.1. The molecule has 2 aromatic carbocycles. The van der Waals surface area contributed by atoms with Crippen LogP contribution in [0.15, 0.2) is 48.5 Å². The first kappa shape index (κ1) is 14.2. The molecule has 1 N–H and O–H groups in total. The Morgan fingerprint density at radius 2 is 1.85 bits per heavy atom. The van der Waals surface area contributed by atoms with Crippen LogP contribution >= 0.6 is 0 Å². The number of hydrogen-bond acceptors (Lipinski definition) is 2. The Morgan fingerprint density at radius 3 is 2.45 bits per heavy atom. The Balaban J connectivity index is 2.24. The van der Waals surface area contributed by atoms with Gasteiger partial charge in [-0.25, -0.2) is 4.39 Å². The largest absolute Gasteiger partial charge is 0.385 e. The molecule has 0 radical (unpaired) electrons. The molecule has 0 aromatic heterocycles. The summed E-state index contributed by atoms with van der Waals surface area (Å²) in [5.41, 5.74) is 1.43. The topological polar surface area (TPSA) is 44.0 Å². The third-order valence-electron chi connectivity index (χ3n) is 3.39. The molecule has 0 saturated carbocycles. The molecule has 0 amide bonds. The average Bonchev–Trinajstić information content (AvgIpc) is 2.45. The van der Waals surface area contributed by atoms with Crippen LogP contribution in [0, 0.1) is 17.1 Å². The maximum Gasteiger partial charge on any atom is 0.123 e. The van der Waals surface area contributed by atoms with Crippen molar-refractivity contribution in [1.82, 2.24) is 0 Å². The van der Waals surface area contributed by atoms with Gasteiger partial charge in [-0.3, -0.25) is 0 Å². The molecule has 0 heterocycles. The summed E-state index contributed by atoms with van der Waals surface area (Å²) >= 11 is 0. The number of aliphatic hydroxyl groups is 1. The lowest BCUT2D eigenvalue weighted by Crippen LogP contribution is -2.20. The summed E-state index contributed by atoms with van der Waals surface area (Å²) in [4.78, 5) is 0. The number of nitrogens with zero attached hydrogens (tertiary/aromatic N) is 1. The van der Waals surface area contributed by atoms with Gasteiger partial charge in [0.2, 0.25) is 0 Å². The zero-order valence-corrected chi connectivity index (χ0v) is 11.3. The van der Waals surface area contributed by atoms with Crippen molar-refractivity contribution in [2.75, 3.05) is 0 Å². The van der Waals surface area contributed by atoms with Gasteiger partial charge in [0.25, 0.3) is 0 Å². The fraction of sp³-hybridized carbons (Fsp3) is 0.235. The third-order valence-corrected chi connectivity index (χ3v) is 3.39. The van der Waals surface area contributed by atoms with E-state index in [4.69, 9.17) is 5.26 Å². The van der Waals surface area contributed by atoms with E-state index in [-0.39, 0.29) is 5.82 Å². The van der Waals surface area contributed by atoms with Gasteiger partial charge in [0.05, 0.1) is 11.7 Å². The summed E-state index contributed by atoms with van der Waals surface area (Å²) in [5, 5.41) is 18.9. The van der Waals surface area contributed by atoms with Crippen molar-refractivity contribution in [3.8, 4) is 17.2 Å². The van der Waals surface area contributed by atoms with Gasteiger partial charge in [0, 0.05) is 6.42 Å². The SMILES string of the molecule is CC(O)(CCC#N)c1ccc(-c2cccc(F)c2)cc1. The lowest BCUT2D eigenvalue weighted by atomic mass is 9.90. The van der Waals surface area contributed by atoms with Gasteiger partial charge < -0.3 is 5.11 Å². The van der Waals surface area contributed by atoms with Gasteiger partial charge in [-0.15, -0.1) is 0 Å². The Bertz CT molecular complexity index is 626. The maximum absolute atomic E-state index is 13.2. The van der Waals surface area contributed by atoms with E-state index in [0.29, 0.717) is 12.8 Å². The van der Waals surface area contributed by atoms with Gasteiger partial charge in [0.15, 0.2) is 0 Å². The monoisotopic (exact) mass is 269 g/mol. The molecule has 2 aromatic rings. The highest BCUT2D eigenvalue weighted by molar-refractivity contribution is 5.63. The standard InChI is InChI=1S/C17H16FNO/c1-17(20,10-3-11-19)15-8-6-13(7-9-15)14-4-2-5-16(18)12-14/h2,4-9,12,20H,3,10H2,1H3. The van der Waals surface area contributed by atoms with Gasteiger partial charge in [0.1, 0.15) is 5.82 Å². The van der Waals surface area contributed by atoms with Crippen molar-refractivity contribution in [2.45, 2.75) is 25.4 Å².